The molecule has 0 aromatic heterocycles. The number of rotatable bonds is 10. The van der Waals surface area contributed by atoms with Crippen LogP contribution in [0.5, 0.6) is 0 Å². The molecule has 0 spiro atoms. The van der Waals surface area contributed by atoms with Gasteiger partial charge >= 0.3 is 0 Å². The fraction of sp³-hybridized carbons (Fsp3) is 0.861. The van der Waals surface area contributed by atoms with Crippen molar-refractivity contribution in [2.24, 2.45) is 23.2 Å². The van der Waals surface area contributed by atoms with E-state index in [0.29, 0.717) is 17.3 Å². The Morgan fingerprint density at radius 2 is 1.49 bits per heavy atom. The smallest absolute Gasteiger partial charge is 0.192 e. The van der Waals surface area contributed by atoms with Gasteiger partial charge in [-0.1, -0.05) is 85.1 Å². The molecule has 236 valence electrons. The van der Waals surface area contributed by atoms with Crippen LogP contribution in [0, 0.1) is 23.2 Å². The third kappa shape index (κ3) is 8.36. The highest BCUT2D eigenvalue weighted by Crippen LogP contribution is 2.60. The molecular weight excluding hydrogens is 537 g/mol. The summed E-state index contributed by atoms with van der Waals surface area (Å²) in [5.74, 6) is 2.21. The first-order valence-corrected chi connectivity index (χ1v) is 22.8. The van der Waals surface area contributed by atoms with E-state index in [-0.39, 0.29) is 22.3 Å². The summed E-state index contributed by atoms with van der Waals surface area (Å²) in [7, 11) is -3.73. The summed E-state index contributed by atoms with van der Waals surface area (Å²) < 4.78 is 14.1. The summed E-state index contributed by atoms with van der Waals surface area (Å²) in [6, 6.07) is 0. The van der Waals surface area contributed by atoms with Crippen LogP contribution < -0.4 is 0 Å². The van der Waals surface area contributed by atoms with Gasteiger partial charge < -0.3 is 13.6 Å². The first-order chi connectivity index (χ1) is 18.8. The number of carbonyl (C=O) groups is 1. The van der Waals surface area contributed by atoms with E-state index in [1.54, 1.807) is 5.57 Å². The largest absolute Gasteiger partial charge is 0.414 e. The van der Waals surface area contributed by atoms with Gasteiger partial charge in [0.25, 0.3) is 0 Å². The maximum absolute atomic E-state index is 10.9. The van der Waals surface area contributed by atoms with E-state index < -0.39 is 16.6 Å². The van der Waals surface area contributed by atoms with Crippen molar-refractivity contribution in [1.29, 1.82) is 0 Å². The maximum atomic E-state index is 10.9. The van der Waals surface area contributed by atoms with Gasteiger partial charge in [0, 0.05) is 6.42 Å². The lowest BCUT2D eigenvalue weighted by atomic mass is 9.60. The molecule has 6 atom stereocenters. The number of carbonyl (C=O) groups excluding carboxylic acids is 1. The first kappa shape index (κ1) is 35.0. The SMILES string of the molecule is C[C@H](CCCC=O)[C@H]1CC[C@H]2C(=CC=C3C[C@@H](O[Si](C)(C)C(C)(C)C)C[C@H](O[Si](C)(C)C(C)(C)C)C3)CCC[C@]12C. The van der Waals surface area contributed by atoms with Crippen LogP contribution in [0.25, 0.3) is 0 Å². The van der Waals surface area contributed by atoms with Crippen LogP contribution >= 0.6 is 0 Å². The average Bonchev–Trinajstić information content (AvgIpc) is 3.18. The van der Waals surface area contributed by atoms with Gasteiger partial charge in [0.05, 0.1) is 12.2 Å². The lowest BCUT2D eigenvalue weighted by Crippen LogP contribution is -2.48. The summed E-state index contributed by atoms with van der Waals surface area (Å²) >= 11 is 0. The highest BCUT2D eigenvalue weighted by molar-refractivity contribution is 6.74. The van der Waals surface area contributed by atoms with Crippen molar-refractivity contribution in [3.8, 4) is 0 Å². The monoisotopic (exact) mass is 602 g/mol. The minimum Gasteiger partial charge on any atom is -0.414 e. The van der Waals surface area contributed by atoms with Crippen molar-refractivity contribution in [1.82, 2.24) is 0 Å². The molecule has 0 bridgehead atoms. The topological polar surface area (TPSA) is 35.5 Å². The first-order valence-electron chi connectivity index (χ1n) is 17.0. The molecule has 3 aliphatic carbocycles. The molecule has 0 aromatic carbocycles. The molecule has 0 N–H and O–H groups in total. The standard InChI is InChI=1S/C36H66O3Si2/c1-27(16-13-14-23-37)32-20-21-33-29(17-15-22-36(32,33)8)19-18-28-24-30(38-40(9,10)34(2,3)4)26-31(25-28)39-41(11,12)35(5,6)7/h18-19,23,27,30-33H,13-17,20-22,24-26H2,1-12H3/t27-,30-,31-,32-,33+,36-/m1/s1. The van der Waals surface area contributed by atoms with Crippen LogP contribution in [0.2, 0.25) is 36.3 Å². The molecular formula is C36H66O3Si2. The van der Waals surface area contributed by atoms with Gasteiger partial charge in [-0.25, -0.2) is 0 Å². The molecule has 0 unspecified atom stereocenters. The summed E-state index contributed by atoms with van der Waals surface area (Å²) in [6.45, 7) is 28.8. The Hall–Kier alpha value is -0.496. The number of hydrogen-bond acceptors (Lipinski definition) is 3. The van der Waals surface area contributed by atoms with Crippen molar-refractivity contribution in [2.75, 3.05) is 0 Å². The van der Waals surface area contributed by atoms with Crippen LogP contribution in [0.3, 0.4) is 0 Å². The molecule has 3 aliphatic rings. The molecule has 0 saturated heterocycles. The van der Waals surface area contributed by atoms with Gasteiger partial charge in [-0.05, 0) is 117 Å². The Kier molecular flexibility index (Phi) is 11.3. The molecule has 5 heteroatoms. The van der Waals surface area contributed by atoms with Crippen LogP contribution in [-0.4, -0.2) is 35.1 Å². The second-order valence-corrected chi connectivity index (χ2v) is 26.9. The molecule has 0 aliphatic heterocycles. The zero-order valence-corrected chi connectivity index (χ0v) is 31.1. The molecule has 41 heavy (non-hydrogen) atoms. The van der Waals surface area contributed by atoms with Crippen LogP contribution in [-0.2, 0) is 13.6 Å². The average molecular weight is 603 g/mol. The minimum absolute atomic E-state index is 0.210. The van der Waals surface area contributed by atoms with Gasteiger partial charge in [0.2, 0.25) is 0 Å². The predicted molar refractivity (Wildman–Crippen MR) is 181 cm³/mol. The Morgan fingerprint density at radius 1 is 0.927 bits per heavy atom. The summed E-state index contributed by atoms with van der Waals surface area (Å²) in [5, 5.41) is 0.421. The van der Waals surface area contributed by atoms with E-state index >= 15 is 0 Å². The minimum atomic E-state index is -1.87. The Labute approximate surface area is 257 Å². The zero-order chi connectivity index (χ0) is 30.9. The fourth-order valence-electron chi connectivity index (χ4n) is 7.79. The number of hydrogen-bond donors (Lipinski definition) is 0. The molecule has 3 rings (SSSR count). The highest BCUT2D eigenvalue weighted by Gasteiger charge is 2.50. The van der Waals surface area contributed by atoms with Crippen molar-refractivity contribution in [2.45, 2.75) is 174 Å². The highest BCUT2D eigenvalue weighted by atomic mass is 28.4. The van der Waals surface area contributed by atoms with Crippen LogP contribution in [0.4, 0.5) is 0 Å². The van der Waals surface area contributed by atoms with E-state index in [1.165, 1.54) is 44.1 Å². The quantitative estimate of drug-likeness (QED) is 0.142. The van der Waals surface area contributed by atoms with E-state index in [1.807, 2.05) is 0 Å². The van der Waals surface area contributed by atoms with E-state index in [2.05, 4.69) is 93.7 Å². The van der Waals surface area contributed by atoms with E-state index in [0.717, 1.165) is 44.3 Å². The van der Waals surface area contributed by atoms with Crippen molar-refractivity contribution in [3.63, 3.8) is 0 Å². The Balaban J connectivity index is 1.83. The van der Waals surface area contributed by atoms with Crippen molar-refractivity contribution < 1.29 is 13.6 Å². The number of aldehydes is 1. The molecule has 3 saturated carbocycles. The van der Waals surface area contributed by atoms with Crippen molar-refractivity contribution >= 4 is 22.9 Å². The van der Waals surface area contributed by atoms with Gasteiger partial charge in [-0.15, -0.1) is 0 Å². The van der Waals surface area contributed by atoms with Crippen molar-refractivity contribution in [3.05, 3.63) is 23.3 Å². The molecule has 0 radical (unpaired) electrons. The maximum Gasteiger partial charge on any atom is 0.192 e. The lowest BCUT2D eigenvalue weighted by molar-refractivity contribution is -0.108. The Morgan fingerprint density at radius 3 is 2.00 bits per heavy atom. The molecule has 0 heterocycles. The third-order valence-corrected chi connectivity index (χ3v) is 21.3. The van der Waals surface area contributed by atoms with Gasteiger partial charge in [-0.2, -0.15) is 0 Å². The predicted octanol–water partition coefficient (Wildman–Crippen LogP) is 11.0. The van der Waals surface area contributed by atoms with Crippen LogP contribution in [0.1, 0.15) is 126 Å². The molecule has 0 amide bonds. The second-order valence-electron chi connectivity index (χ2n) is 17.4. The van der Waals surface area contributed by atoms with Crippen LogP contribution in [0.15, 0.2) is 23.3 Å². The zero-order valence-electron chi connectivity index (χ0n) is 29.1. The number of allylic oxidation sites excluding steroid dienone is 3. The number of unbranched alkanes of at least 4 members (excludes halogenated alkanes) is 1. The normalized spacial score (nSPS) is 31.7. The van der Waals surface area contributed by atoms with Gasteiger partial charge in [0.1, 0.15) is 6.29 Å². The second kappa shape index (κ2) is 13.2. The van der Waals surface area contributed by atoms with E-state index in [4.69, 9.17) is 8.85 Å². The summed E-state index contributed by atoms with van der Waals surface area (Å²) in [5.41, 5.74) is 3.64. The van der Waals surface area contributed by atoms with Gasteiger partial charge in [-0.3, -0.25) is 0 Å². The Bertz CT molecular complexity index is 913. The summed E-state index contributed by atoms with van der Waals surface area (Å²) in [4.78, 5) is 10.9. The molecule has 3 nitrogen and oxygen atoms in total. The fourth-order valence-corrected chi connectivity index (χ4v) is 10.5. The van der Waals surface area contributed by atoms with E-state index in [9.17, 15) is 4.79 Å². The third-order valence-electron chi connectivity index (χ3n) is 12.3. The molecule has 3 fully saturated rings. The lowest BCUT2D eigenvalue weighted by Gasteiger charge is -2.45. The molecule has 0 aromatic rings. The number of fused-ring (bicyclic) bond motifs is 1. The van der Waals surface area contributed by atoms with Gasteiger partial charge in [0.15, 0.2) is 16.6 Å². The summed E-state index contributed by atoms with van der Waals surface area (Å²) in [6.07, 6.45) is 19.4.